The van der Waals surface area contributed by atoms with Crippen molar-refractivity contribution in [3.63, 3.8) is 0 Å². The Morgan fingerprint density at radius 3 is 2.52 bits per heavy atom. The fourth-order valence-corrected chi connectivity index (χ4v) is 6.26. The maximum absolute atomic E-state index is 14.5. The highest BCUT2D eigenvalue weighted by Gasteiger charge is 2.54. The number of nitrogens with zero attached hydrogens (tertiary/aromatic N) is 4. The minimum atomic E-state index is -1.56. The Bertz CT molecular complexity index is 1590. The van der Waals surface area contributed by atoms with E-state index in [4.69, 9.17) is 48.3 Å². The van der Waals surface area contributed by atoms with Crippen LogP contribution >= 0.6 is 23.2 Å². The molecule has 1 aliphatic carbocycles. The van der Waals surface area contributed by atoms with Crippen LogP contribution in [0.1, 0.15) is 60.5 Å². The first kappa shape index (κ1) is 33.5. The van der Waals surface area contributed by atoms with Crippen molar-refractivity contribution in [1.82, 2.24) is 10.9 Å². The number of carbonyl (C=O) groups excluding carboxylic acids is 1. The van der Waals surface area contributed by atoms with Crippen molar-refractivity contribution < 1.29 is 24.5 Å². The zero-order chi connectivity index (χ0) is 32.5. The molecule has 0 bridgehead atoms. The topological polar surface area (TPSA) is 161 Å². The summed E-state index contributed by atoms with van der Waals surface area (Å²) < 4.78 is 12.3. The van der Waals surface area contributed by atoms with Gasteiger partial charge in [-0.1, -0.05) is 58.6 Å². The molecule has 1 heterocycles. The third-order valence-electron chi connectivity index (χ3n) is 8.24. The van der Waals surface area contributed by atoms with Gasteiger partial charge in [-0.2, -0.15) is 0 Å². The van der Waals surface area contributed by atoms with Crippen molar-refractivity contribution in [3.8, 4) is 5.75 Å². The Morgan fingerprint density at radius 1 is 1.09 bits per heavy atom. The lowest BCUT2D eigenvalue weighted by Gasteiger charge is -2.33. The van der Waals surface area contributed by atoms with Crippen LogP contribution in [0.5, 0.6) is 5.75 Å². The van der Waals surface area contributed by atoms with Gasteiger partial charge in [0.1, 0.15) is 5.75 Å². The largest absolute Gasteiger partial charge is 0.494 e. The second kappa shape index (κ2) is 15.6. The minimum Gasteiger partial charge on any atom is -0.494 e. The van der Waals surface area contributed by atoms with Gasteiger partial charge in [0.15, 0.2) is 11.6 Å². The Kier molecular flexibility index (Phi) is 11.4. The Balaban J connectivity index is 1.58. The lowest BCUT2D eigenvalue weighted by molar-refractivity contribution is -0.130. The third kappa shape index (κ3) is 7.93. The molecule has 0 unspecified atom stereocenters. The van der Waals surface area contributed by atoms with Crippen molar-refractivity contribution >= 4 is 35.0 Å². The lowest BCUT2D eigenvalue weighted by atomic mass is 9.81. The molecule has 2 aliphatic rings. The van der Waals surface area contributed by atoms with Gasteiger partial charge in [0.2, 0.25) is 5.90 Å². The number of halogens is 2. The monoisotopic (exact) mass is 666 g/mol. The van der Waals surface area contributed by atoms with Crippen molar-refractivity contribution in [2.75, 3.05) is 13.2 Å². The highest BCUT2D eigenvalue weighted by molar-refractivity contribution is 6.35. The molecule has 5 rings (SSSR count). The van der Waals surface area contributed by atoms with Crippen molar-refractivity contribution in [2.24, 2.45) is 10.1 Å². The van der Waals surface area contributed by atoms with Crippen LogP contribution in [0.2, 0.25) is 10.0 Å². The second-order valence-electron chi connectivity index (χ2n) is 11.4. The molecular formula is C33H36Cl2N6O5. The van der Waals surface area contributed by atoms with Gasteiger partial charge in [-0.05, 0) is 78.7 Å². The number of amides is 1. The number of hydrogen-bond donors (Lipinski definition) is 4. The summed E-state index contributed by atoms with van der Waals surface area (Å²) in [6.45, 7) is 0.496. The van der Waals surface area contributed by atoms with Crippen LogP contribution in [-0.4, -0.2) is 52.9 Å². The summed E-state index contributed by atoms with van der Waals surface area (Å²) in [5, 5.41) is 23.5. The van der Waals surface area contributed by atoms with Crippen LogP contribution in [-0.2, 0) is 22.5 Å². The number of aliphatic hydroxyl groups excluding tert-OH is 2. The summed E-state index contributed by atoms with van der Waals surface area (Å²) in [6, 6.07) is 19.6. The zero-order valence-electron chi connectivity index (χ0n) is 25.1. The molecule has 1 saturated carbocycles. The zero-order valence-corrected chi connectivity index (χ0v) is 26.6. The maximum Gasteiger partial charge on any atom is 0.266 e. The van der Waals surface area contributed by atoms with E-state index in [-0.39, 0.29) is 37.6 Å². The molecule has 0 radical (unpaired) electrons. The average Bonchev–Trinajstić information content (AvgIpc) is 3.44. The maximum atomic E-state index is 14.5. The van der Waals surface area contributed by atoms with Crippen molar-refractivity contribution in [1.29, 1.82) is 0 Å². The van der Waals surface area contributed by atoms with Crippen LogP contribution in [0.4, 0.5) is 0 Å². The van der Waals surface area contributed by atoms with Crippen LogP contribution in [0, 0.1) is 0 Å². The number of rotatable bonds is 13. The van der Waals surface area contributed by atoms with E-state index >= 15 is 0 Å². The number of nitrogens with one attached hydrogen (secondary N) is 2. The number of benzene rings is 3. The second-order valence-corrected chi connectivity index (χ2v) is 12.2. The summed E-state index contributed by atoms with van der Waals surface area (Å²) in [5.41, 5.74) is 16.2. The normalized spacial score (nSPS) is 22.3. The van der Waals surface area contributed by atoms with Crippen LogP contribution in [0.15, 0.2) is 76.8 Å². The van der Waals surface area contributed by atoms with Crippen molar-refractivity contribution in [2.45, 2.75) is 68.9 Å². The van der Waals surface area contributed by atoms with Gasteiger partial charge in [0, 0.05) is 51.6 Å². The predicted molar refractivity (Wildman–Crippen MR) is 176 cm³/mol. The molecule has 3 aromatic rings. The highest BCUT2D eigenvalue weighted by Crippen LogP contribution is 2.45. The molecular weight excluding hydrogens is 631 g/mol. The van der Waals surface area contributed by atoms with E-state index in [9.17, 15) is 9.90 Å². The molecule has 0 spiro atoms. The minimum absolute atomic E-state index is 0.0247. The van der Waals surface area contributed by atoms with E-state index in [1.165, 1.54) is 0 Å². The number of azide groups is 1. The third-order valence-corrected chi connectivity index (χ3v) is 8.81. The fourth-order valence-electron chi connectivity index (χ4n) is 5.75. The summed E-state index contributed by atoms with van der Waals surface area (Å²) in [6.07, 6.45) is 1.98. The van der Waals surface area contributed by atoms with E-state index in [2.05, 4.69) is 20.9 Å². The summed E-state index contributed by atoms with van der Waals surface area (Å²) in [5.74, 6) is 0.416. The van der Waals surface area contributed by atoms with E-state index in [0.717, 1.165) is 11.1 Å². The molecule has 2 atom stereocenters. The summed E-state index contributed by atoms with van der Waals surface area (Å²) in [4.78, 5) is 22.5. The standard InChI is InChI=1S/C33H36Cl2N6O5/c34-24-8-15-28(29(35)18-24)30-33(19-22-4-1-2-5-23(22)20-37-41-36,32(44)40-39-25-9-11-26(43)12-10-25)38-31(46-30)21-6-13-27(14-7-21)45-17-3-16-42/h1-2,4-8,13-15,18,25-26,30,39,42-43H,3,9-12,16-17,19-20H2,(H,40,44)/t25?,26?,30-,33-/m0/s1. The molecule has 46 heavy (non-hydrogen) atoms. The van der Waals surface area contributed by atoms with Crippen LogP contribution in [0.3, 0.4) is 0 Å². The molecule has 1 amide bonds. The number of aliphatic imine (C=N–C) groups is 1. The Morgan fingerprint density at radius 2 is 1.83 bits per heavy atom. The first-order chi connectivity index (χ1) is 22.3. The molecule has 0 aromatic heterocycles. The smallest absolute Gasteiger partial charge is 0.266 e. The Hall–Kier alpha value is -3.83. The molecule has 3 aromatic carbocycles. The summed E-state index contributed by atoms with van der Waals surface area (Å²) in [7, 11) is 0. The average molecular weight is 668 g/mol. The van der Waals surface area contributed by atoms with Gasteiger partial charge >= 0.3 is 0 Å². The Labute approximate surface area is 277 Å². The molecule has 0 saturated heterocycles. The predicted octanol–water partition coefficient (Wildman–Crippen LogP) is 5.99. The van der Waals surface area contributed by atoms with Gasteiger partial charge in [-0.15, -0.1) is 0 Å². The van der Waals surface area contributed by atoms with Crippen LogP contribution in [0.25, 0.3) is 10.4 Å². The lowest BCUT2D eigenvalue weighted by Crippen LogP contribution is -2.56. The number of aliphatic hydroxyl groups is 2. The van der Waals surface area contributed by atoms with E-state index in [1.54, 1.807) is 42.5 Å². The van der Waals surface area contributed by atoms with Gasteiger partial charge in [-0.25, -0.2) is 10.4 Å². The number of ether oxygens (including phenoxy) is 2. The molecule has 13 heteroatoms. The molecule has 11 nitrogen and oxygen atoms in total. The van der Waals surface area contributed by atoms with Gasteiger partial charge in [-0.3, -0.25) is 10.2 Å². The van der Waals surface area contributed by atoms with Crippen molar-refractivity contribution in [3.05, 3.63) is 109 Å². The van der Waals surface area contributed by atoms with E-state index < -0.39 is 17.6 Å². The number of hydrazine groups is 1. The van der Waals surface area contributed by atoms with E-state index in [0.29, 0.717) is 65.6 Å². The SMILES string of the molecule is [N-]=[N+]=NCc1ccccc1C[C@]1(C(=O)NNC2CCC(O)CC2)N=C(c2ccc(OCCCO)cc2)O[C@H]1c1ccc(Cl)cc1Cl. The summed E-state index contributed by atoms with van der Waals surface area (Å²) >= 11 is 13.0. The van der Waals surface area contributed by atoms with Gasteiger partial charge in [0.05, 0.1) is 19.3 Å². The van der Waals surface area contributed by atoms with E-state index in [1.807, 2.05) is 24.3 Å². The number of hydrogen-bond acceptors (Lipinski definition) is 8. The molecule has 1 aliphatic heterocycles. The molecule has 242 valence electrons. The first-order valence-electron chi connectivity index (χ1n) is 15.2. The van der Waals surface area contributed by atoms with Gasteiger partial charge in [0.25, 0.3) is 5.91 Å². The quantitative estimate of drug-likeness (QED) is 0.0576. The van der Waals surface area contributed by atoms with Crippen LogP contribution < -0.4 is 15.6 Å². The number of carbonyl (C=O) groups is 1. The highest BCUT2D eigenvalue weighted by atomic mass is 35.5. The first-order valence-corrected chi connectivity index (χ1v) is 16.0. The molecule has 1 fully saturated rings. The fraction of sp³-hybridized carbons (Fsp3) is 0.394. The molecule has 4 N–H and O–H groups in total. The van der Waals surface area contributed by atoms with Gasteiger partial charge < -0.3 is 19.7 Å².